The molecule has 0 aliphatic carbocycles. The van der Waals surface area contributed by atoms with Crippen LogP contribution >= 0.6 is 23.4 Å². The van der Waals surface area contributed by atoms with Gasteiger partial charge in [0, 0.05) is 11.1 Å². The van der Waals surface area contributed by atoms with Crippen molar-refractivity contribution in [3.05, 3.63) is 39.4 Å². The highest BCUT2D eigenvalue weighted by Gasteiger charge is 2.06. The van der Waals surface area contributed by atoms with E-state index in [0.717, 1.165) is 12.2 Å². The van der Waals surface area contributed by atoms with Crippen LogP contribution in [0.25, 0.3) is 10.9 Å². The van der Waals surface area contributed by atoms with E-state index in [-0.39, 0.29) is 5.56 Å². The number of aromatic nitrogens is 2. The second-order valence-electron chi connectivity index (χ2n) is 4.74. The third-order valence-corrected chi connectivity index (χ3v) is 3.97. The summed E-state index contributed by atoms with van der Waals surface area (Å²) in [7, 11) is 0. The molecule has 20 heavy (non-hydrogen) atoms. The highest BCUT2D eigenvalue weighted by atomic mass is 35.5. The average molecular weight is 312 g/mol. The van der Waals surface area contributed by atoms with Gasteiger partial charge in [-0.2, -0.15) is 11.8 Å². The predicted molar refractivity (Wildman–Crippen MR) is 86.7 cm³/mol. The van der Waals surface area contributed by atoms with Crippen molar-refractivity contribution >= 4 is 34.3 Å². The zero-order valence-corrected chi connectivity index (χ0v) is 13.1. The molecule has 1 aromatic heterocycles. The molecule has 108 valence electrons. The van der Waals surface area contributed by atoms with Crippen molar-refractivity contribution in [1.82, 2.24) is 15.3 Å². The third kappa shape index (κ3) is 3.98. The Morgan fingerprint density at radius 1 is 1.50 bits per heavy atom. The summed E-state index contributed by atoms with van der Waals surface area (Å²) in [5.41, 5.74) is 0.509. The first kappa shape index (κ1) is 15.4. The second-order valence-corrected chi connectivity index (χ2v) is 6.16. The molecule has 2 aromatic rings. The number of hydrogen-bond acceptors (Lipinski definition) is 4. The number of nitrogens with zero attached hydrogens (tertiary/aromatic N) is 1. The number of benzene rings is 1. The van der Waals surface area contributed by atoms with Crippen LogP contribution in [0.2, 0.25) is 5.02 Å². The molecule has 0 bridgehead atoms. The molecule has 0 radical (unpaired) electrons. The number of fused-ring (bicyclic) bond motifs is 1. The standard InChI is InChI=1S/C14H18ClN3OS/c1-9(5-6-20-2)16-8-13-17-12-7-10(15)3-4-11(12)14(19)18-13/h3-4,7,9,16H,5-6,8H2,1-2H3,(H,17,18,19). The van der Waals surface area contributed by atoms with Crippen LogP contribution in [0.5, 0.6) is 0 Å². The molecule has 0 fully saturated rings. The van der Waals surface area contributed by atoms with Gasteiger partial charge in [0.05, 0.1) is 17.4 Å². The number of aromatic amines is 1. The molecule has 0 amide bonds. The van der Waals surface area contributed by atoms with Gasteiger partial charge in [-0.1, -0.05) is 11.6 Å². The van der Waals surface area contributed by atoms with Gasteiger partial charge >= 0.3 is 0 Å². The molecular weight excluding hydrogens is 294 g/mol. The molecule has 1 atom stereocenters. The molecule has 1 unspecified atom stereocenters. The monoisotopic (exact) mass is 311 g/mol. The molecule has 1 heterocycles. The van der Waals surface area contributed by atoms with E-state index in [0.29, 0.717) is 34.3 Å². The van der Waals surface area contributed by atoms with Gasteiger partial charge in [0.1, 0.15) is 5.82 Å². The Hall–Kier alpha value is -1.04. The van der Waals surface area contributed by atoms with E-state index in [2.05, 4.69) is 28.5 Å². The van der Waals surface area contributed by atoms with Gasteiger partial charge in [-0.25, -0.2) is 4.98 Å². The first-order valence-electron chi connectivity index (χ1n) is 6.51. The highest BCUT2D eigenvalue weighted by Crippen LogP contribution is 2.14. The molecule has 0 aliphatic heterocycles. The van der Waals surface area contributed by atoms with Gasteiger partial charge in [0.2, 0.25) is 0 Å². The lowest BCUT2D eigenvalue weighted by Crippen LogP contribution is -2.28. The van der Waals surface area contributed by atoms with Gasteiger partial charge in [-0.05, 0) is 43.6 Å². The summed E-state index contributed by atoms with van der Waals surface area (Å²) in [6.07, 6.45) is 3.18. The summed E-state index contributed by atoms with van der Waals surface area (Å²) in [5.74, 6) is 1.76. The number of hydrogen-bond donors (Lipinski definition) is 2. The molecule has 4 nitrogen and oxygen atoms in total. The third-order valence-electron chi connectivity index (χ3n) is 3.09. The minimum atomic E-state index is -0.125. The van der Waals surface area contributed by atoms with Crippen molar-refractivity contribution in [3.8, 4) is 0 Å². The van der Waals surface area contributed by atoms with E-state index < -0.39 is 0 Å². The minimum absolute atomic E-state index is 0.125. The van der Waals surface area contributed by atoms with Crippen molar-refractivity contribution < 1.29 is 0 Å². The maximum absolute atomic E-state index is 12.0. The summed E-state index contributed by atoms with van der Waals surface area (Å²) in [6, 6.07) is 5.50. The van der Waals surface area contributed by atoms with Crippen molar-refractivity contribution in [2.75, 3.05) is 12.0 Å². The fourth-order valence-electron chi connectivity index (χ4n) is 1.91. The normalized spacial score (nSPS) is 12.8. The van der Waals surface area contributed by atoms with Gasteiger partial charge in [-0.15, -0.1) is 0 Å². The molecule has 0 saturated carbocycles. The summed E-state index contributed by atoms with van der Waals surface area (Å²) in [4.78, 5) is 19.2. The van der Waals surface area contributed by atoms with Crippen LogP contribution in [0.4, 0.5) is 0 Å². The molecule has 2 rings (SSSR count). The number of thioether (sulfide) groups is 1. The van der Waals surface area contributed by atoms with Crippen molar-refractivity contribution in [1.29, 1.82) is 0 Å². The van der Waals surface area contributed by atoms with Crippen LogP contribution in [0.3, 0.4) is 0 Å². The first-order valence-corrected chi connectivity index (χ1v) is 8.28. The zero-order chi connectivity index (χ0) is 14.5. The Labute approximate surface area is 127 Å². The summed E-state index contributed by atoms with van der Waals surface area (Å²) < 4.78 is 0. The van der Waals surface area contributed by atoms with E-state index in [1.54, 1.807) is 18.2 Å². The average Bonchev–Trinajstić information content (AvgIpc) is 2.42. The predicted octanol–water partition coefficient (Wildman–Crippen LogP) is 2.81. The second kappa shape index (κ2) is 7.11. The zero-order valence-electron chi connectivity index (χ0n) is 11.6. The molecule has 0 aliphatic rings. The Morgan fingerprint density at radius 2 is 2.30 bits per heavy atom. The van der Waals surface area contributed by atoms with Gasteiger partial charge in [-0.3, -0.25) is 4.79 Å². The van der Waals surface area contributed by atoms with E-state index in [1.807, 2.05) is 11.8 Å². The van der Waals surface area contributed by atoms with Gasteiger partial charge in [0.15, 0.2) is 0 Å². The number of rotatable bonds is 6. The van der Waals surface area contributed by atoms with Crippen LogP contribution in [0, 0.1) is 0 Å². The molecule has 2 N–H and O–H groups in total. The lowest BCUT2D eigenvalue weighted by atomic mass is 10.2. The Balaban J connectivity index is 2.13. The SMILES string of the molecule is CSCCC(C)NCc1nc2cc(Cl)ccc2c(=O)[nH]1. The lowest BCUT2D eigenvalue weighted by Gasteiger charge is -2.12. The molecule has 6 heteroatoms. The molecular formula is C14H18ClN3OS. The van der Waals surface area contributed by atoms with Crippen LogP contribution in [0.15, 0.2) is 23.0 Å². The number of nitrogens with one attached hydrogen (secondary N) is 2. The summed E-state index contributed by atoms with van der Waals surface area (Å²) in [5, 5.41) is 4.51. The Bertz CT molecular complexity index is 644. The fourth-order valence-corrected chi connectivity index (χ4v) is 2.67. The summed E-state index contributed by atoms with van der Waals surface area (Å²) >= 11 is 7.77. The van der Waals surface area contributed by atoms with Crippen molar-refractivity contribution in [2.45, 2.75) is 25.9 Å². The van der Waals surface area contributed by atoms with Crippen LogP contribution in [0.1, 0.15) is 19.2 Å². The van der Waals surface area contributed by atoms with Crippen LogP contribution < -0.4 is 10.9 Å². The highest BCUT2D eigenvalue weighted by molar-refractivity contribution is 7.98. The Morgan fingerprint density at radius 3 is 3.05 bits per heavy atom. The largest absolute Gasteiger partial charge is 0.309 e. The number of halogens is 1. The topological polar surface area (TPSA) is 57.8 Å². The van der Waals surface area contributed by atoms with E-state index in [4.69, 9.17) is 11.6 Å². The number of H-pyrrole nitrogens is 1. The quantitative estimate of drug-likeness (QED) is 0.861. The van der Waals surface area contributed by atoms with E-state index >= 15 is 0 Å². The van der Waals surface area contributed by atoms with Gasteiger partial charge < -0.3 is 10.3 Å². The maximum atomic E-state index is 12.0. The summed E-state index contributed by atoms with van der Waals surface area (Å²) in [6.45, 7) is 2.68. The van der Waals surface area contributed by atoms with Gasteiger partial charge in [0.25, 0.3) is 5.56 Å². The molecule has 0 spiro atoms. The molecule has 0 saturated heterocycles. The van der Waals surface area contributed by atoms with Crippen molar-refractivity contribution in [2.24, 2.45) is 0 Å². The smallest absolute Gasteiger partial charge is 0.258 e. The van der Waals surface area contributed by atoms with E-state index in [1.165, 1.54) is 0 Å². The first-order chi connectivity index (χ1) is 9.60. The maximum Gasteiger partial charge on any atom is 0.258 e. The lowest BCUT2D eigenvalue weighted by molar-refractivity contribution is 0.526. The van der Waals surface area contributed by atoms with Crippen LogP contribution in [-0.2, 0) is 6.54 Å². The van der Waals surface area contributed by atoms with E-state index in [9.17, 15) is 4.79 Å². The fraction of sp³-hybridized carbons (Fsp3) is 0.429. The molecule has 1 aromatic carbocycles. The Kier molecular flexibility index (Phi) is 5.46. The van der Waals surface area contributed by atoms with Crippen LogP contribution in [-0.4, -0.2) is 28.0 Å². The van der Waals surface area contributed by atoms with Crippen molar-refractivity contribution in [3.63, 3.8) is 0 Å². The minimum Gasteiger partial charge on any atom is -0.309 e.